The molecule has 172 valence electrons. The number of carbonyl (C=O) groups excluding carboxylic acids is 1. The largest absolute Gasteiger partial charge is 0.374 e. The lowest BCUT2D eigenvalue weighted by molar-refractivity contribution is 0.0255. The van der Waals surface area contributed by atoms with Crippen molar-refractivity contribution >= 4 is 28.4 Å². The van der Waals surface area contributed by atoms with Gasteiger partial charge in [-0.2, -0.15) is 0 Å². The van der Waals surface area contributed by atoms with Gasteiger partial charge >= 0.3 is 0 Å². The summed E-state index contributed by atoms with van der Waals surface area (Å²) in [4.78, 5) is 21.3. The molecule has 6 rings (SSSR count). The molecule has 1 amide bonds. The molecular formula is C26H27ClFN3O2. The molecule has 2 atom stereocenters. The Morgan fingerprint density at radius 3 is 2.70 bits per heavy atom. The minimum Gasteiger partial charge on any atom is -0.374 e. The first-order chi connectivity index (χ1) is 16.1. The molecule has 3 aromatic rings. The van der Waals surface area contributed by atoms with Crippen LogP contribution in [0.1, 0.15) is 46.8 Å². The molecule has 3 saturated heterocycles. The van der Waals surface area contributed by atoms with Gasteiger partial charge in [0.1, 0.15) is 11.5 Å². The summed E-state index contributed by atoms with van der Waals surface area (Å²) in [7, 11) is 0. The van der Waals surface area contributed by atoms with E-state index in [0.717, 1.165) is 48.8 Å². The summed E-state index contributed by atoms with van der Waals surface area (Å²) in [5.41, 5.74) is 3.39. The average molecular weight is 468 g/mol. The lowest BCUT2D eigenvalue weighted by Gasteiger charge is -2.33. The summed E-state index contributed by atoms with van der Waals surface area (Å²) in [5, 5.41) is 1.61. The first-order valence-electron chi connectivity index (χ1n) is 11.8. The Hall–Kier alpha value is -2.41. The van der Waals surface area contributed by atoms with Crippen LogP contribution in [0, 0.1) is 5.82 Å². The van der Waals surface area contributed by atoms with E-state index in [4.69, 9.17) is 16.3 Å². The number of amides is 1. The van der Waals surface area contributed by atoms with E-state index in [0.29, 0.717) is 36.0 Å². The zero-order valence-electron chi connectivity index (χ0n) is 18.4. The number of piperidine rings is 1. The molecule has 0 aliphatic carbocycles. The van der Waals surface area contributed by atoms with Crippen LogP contribution in [0.15, 0.2) is 42.5 Å². The molecular weight excluding hydrogens is 441 g/mol. The zero-order chi connectivity index (χ0) is 22.5. The summed E-state index contributed by atoms with van der Waals surface area (Å²) >= 11 is 6.32. The third-order valence-corrected chi connectivity index (χ3v) is 7.90. The molecule has 33 heavy (non-hydrogen) atoms. The lowest BCUT2D eigenvalue weighted by atomic mass is 9.88. The normalized spacial score (nSPS) is 23.6. The Morgan fingerprint density at radius 1 is 1.15 bits per heavy atom. The van der Waals surface area contributed by atoms with Gasteiger partial charge in [-0.15, -0.1) is 0 Å². The van der Waals surface area contributed by atoms with Crippen molar-refractivity contribution in [1.82, 2.24) is 14.8 Å². The van der Waals surface area contributed by atoms with Crippen molar-refractivity contribution in [3.63, 3.8) is 0 Å². The Kier molecular flexibility index (Phi) is 5.40. The Balaban J connectivity index is 1.23. The average Bonchev–Trinajstić information content (AvgIpc) is 3.55. The van der Waals surface area contributed by atoms with E-state index in [-0.39, 0.29) is 29.8 Å². The fourth-order valence-corrected chi connectivity index (χ4v) is 6.16. The van der Waals surface area contributed by atoms with Crippen LogP contribution in [0.5, 0.6) is 0 Å². The van der Waals surface area contributed by atoms with E-state index in [1.165, 1.54) is 6.07 Å². The maximum atomic E-state index is 14.4. The summed E-state index contributed by atoms with van der Waals surface area (Å²) < 4.78 is 20.1. The van der Waals surface area contributed by atoms with Crippen LogP contribution in [0.2, 0.25) is 5.02 Å². The number of hydrogen-bond donors (Lipinski definition) is 1. The summed E-state index contributed by atoms with van der Waals surface area (Å²) in [6.45, 7) is 3.68. The Labute approximate surface area is 197 Å². The molecule has 0 saturated carbocycles. The SMILES string of the molecule is O=C(c1[nH]c2ccccc2c1CN1CCC(c2c(F)cccc2Cl)CC1)N1C[C@@H]2C[C@H]1CO2. The van der Waals surface area contributed by atoms with Crippen LogP contribution < -0.4 is 0 Å². The van der Waals surface area contributed by atoms with E-state index in [1.807, 2.05) is 23.1 Å². The van der Waals surface area contributed by atoms with E-state index in [2.05, 4.69) is 16.0 Å². The standard InChI is InChI=1S/C26H27ClFN3O2/c27-21-5-3-6-22(28)24(21)16-8-10-30(11-9-16)14-20-19-4-1-2-7-23(19)29-25(20)26(32)31-13-18-12-17(31)15-33-18/h1-7,16-18,29H,8-15H2/t17-,18-/m0/s1. The highest BCUT2D eigenvalue weighted by Gasteiger charge is 2.42. The van der Waals surface area contributed by atoms with Crippen molar-refractivity contribution in [2.75, 3.05) is 26.2 Å². The number of halogens is 2. The van der Waals surface area contributed by atoms with Crippen LogP contribution in [-0.2, 0) is 11.3 Å². The summed E-state index contributed by atoms with van der Waals surface area (Å²) in [6.07, 6.45) is 2.81. The minimum atomic E-state index is -0.214. The van der Waals surface area contributed by atoms with Gasteiger partial charge in [-0.1, -0.05) is 35.9 Å². The highest BCUT2D eigenvalue weighted by atomic mass is 35.5. The fraction of sp³-hybridized carbons (Fsp3) is 0.423. The summed E-state index contributed by atoms with van der Waals surface area (Å²) in [6, 6.07) is 13.2. The molecule has 1 N–H and O–H groups in total. The number of morpholine rings is 1. The molecule has 5 nitrogen and oxygen atoms in total. The molecule has 4 heterocycles. The lowest BCUT2D eigenvalue weighted by Crippen LogP contribution is -2.42. The smallest absolute Gasteiger partial charge is 0.271 e. The number of H-pyrrole nitrogens is 1. The number of hydrogen-bond acceptors (Lipinski definition) is 3. The predicted molar refractivity (Wildman–Crippen MR) is 126 cm³/mol. The first kappa shape index (κ1) is 21.1. The number of nitrogens with one attached hydrogen (secondary N) is 1. The monoisotopic (exact) mass is 467 g/mol. The number of benzene rings is 2. The van der Waals surface area contributed by atoms with E-state index in [9.17, 15) is 9.18 Å². The van der Waals surface area contributed by atoms with Gasteiger partial charge in [-0.25, -0.2) is 4.39 Å². The van der Waals surface area contributed by atoms with Crippen LogP contribution in [-0.4, -0.2) is 59.1 Å². The molecule has 2 bridgehead atoms. The van der Waals surface area contributed by atoms with Crippen LogP contribution in [0.3, 0.4) is 0 Å². The summed E-state index contributed by atoms with van der Waals surface area (Å²) in [5.74, 6) is -0.0152. The number of aromatic nitrogens is 1. The van der Waals surface area contributed by atoms with Gasteiger partial charge in [0, 0.05) is 40.1 Å². The number of aromatic amines is 1. The predicted octanol–water partition coefficient (Wildman–Crippen LogP) is 4.95. The highest BCUT2D eigenvalue weighted by molar-refractivity contribution is 6.31. The van der Waals surface area contributed by atoms with Gasteiger partial charge in [0.25, 0.3) is 5.91 Å². The number of ether oxygens (including phenoxy) is 1. The Bertz CT molecular complexity index is 1180. The van der Waals surface area contributed by atoms with Gasteiger partial charge in [-0.05, 0) is 56.5 Å². The number of fused-ring (bicyclic) bond motifs is 3. The quantitative estimate of drug-likeness (QED) is 0.590. The zero-order valence-corrected chi connectivity index (χ0v) is 19.2. The molecule has 1 aromatic heterocycles. The van der Waals surface area contributed by atoms with Gasteiger partial charge < -0.3 is 14.6 Å². The second-order valence-electron chi connectivity index (χ2n) is 9.51. The highest BCUT2D eigenvalue weighted by Crippen LogP contribution is 2.36. The van der Waals surface area contributed by atoms with Crippen molar-refractivity contribution < 1.29 is 13.9 Å². The second kappa shape index (κ2) is 8.42. The molecule has 7 heteroatoms. The van der Waals surface area contributed by atoms with Gasteiger partial charge in [0.2, 0.25) is 0 Å². The molecule has 0 radical (unpaired) electrons. The van der Waals surface area contributed by atoms with E-state index < -0.39 is 0 Å². The topological polar surface area (TPSA) is 48.6 Å². The van der Waals surface area contributed by atoms with E-state index in [1.54, 1.807) is 12.1 Å². The van der Waals surface area contributed by atoms with E-state index >= 15 is 0 Å². The number of rotatable bonds is 4. The van der Waals surface area contributed by atoms with Gasteiger partial charge in [0.15, 0.2) is 0 Å². The molecule has 0 spiro atoms. The van der Waals surface area contributed by atoms with Crippen LogP contribution in [0.4, 0.5) is 4.39 Å². The molecule has 0 unspecified atom stereocenters. The van der Waals surface area contributed by atoms with Crippen molar-refractivity contribution in [2.24, 2.45) is 0 Å². The van der Waals surface area contributed by atoms with Crippen molar-refractivity contribution in [3.8, 4) is 0 Å². The number of likely N-dealkylation sites (tertiary alicyclic amines) is 2. The molecule has 3 fully saturated rings. The number of para-hydroxylation sites is 1. The van der Waals surface area contributed by atoms with Crippen molar-refractivity contribution in [3.05, 3.63) is 70.1 Å². The maximum absolute atomic E-state index is 14.4. The molecule has 2 aromatic carbocycles. The molecule has 3 aliphatic heterocycles. The van der Waals surface area contributed by atoms with Gasteiger partial charge in [0.05, 0.1) is 18.8 Å². The minimum absolute atomic E-state index is 0.0741. The van der Waals surface area contributed by atoms with Crippen molar-refractivity contribution in [2.45, 2.75) is 43.9 Å². The van der Waals surface area contributed by atoms with Crippen LogP contribution in [0.25, 0.3) is 10.9 Å². The van der Waals surface area contributed by atoms with Gasteiger partial charge in [-0.3, -0.25) is 9.69 Å². The first-order valence-corrected chi connectivity index (χ1v) is 12.1. The van der Waals surface area contributed by atoms with Crippen LogP contribution >= 0.6 is 11.6 Å². The van der Waals surface area contributed by atoms with Crippen molar-refractivity contribution in [1.29, 1.82) is 0 Å². The second-order valence-corrected chi connectivity index (χ2v) is 9.92. The third kappa shape index (κ3) is 3.74. The maximum Gasteiger partial charge on any atom is 0.271 e. The third-order valence-electron chi connectivity index (χ3n) is 7.57. The fourth-order valence-electron chi connectivity index (χ4n) is 5.84. The molecule has 3 aliphatic rings. The number of nitrogens with zero attached hydrogens (tertiary/aromatic N) is 2. The number of carbonyl (C=O) groups is 1. The Morgan fingerprint density at radius 2 is 1.97 bits per heavy atom.